The number of sulfonamides is 1. The molecule has 1 aromatic rings. The van der Waals surface area contributed by atoms with E-state index in [1.54, 1.807) is 12.1 Å². The van der Waals surface area contributed by atoms with Crippen LogP contribution in [0.3, 0.4) is 0 Å². The molecule has 0 radical (unpaired) electrons. The molecule has 0 bridgehead atoms. The lowest BCUT2D eigenvalue weighted by Gasteiger charge is -2.16. The summed E-state index contributed by atoms with van der Waals surface area (Å²) in [6, 6.07) is 3.33. The summed E-state index contributed by atoms with van der Waals surface area (Å²) >= 11 is 1.18. The Balaban J connectivity index is 0.00000312. The summed E-state index contributed by atoms with van der Waals surface area (Å²) in [5.41, 5.74) is 5.54. The predicted octanol–water partition coefficient (Wildman–Crippen LogP) is 1.32. The van der Waals surface area contributed by atoms with E-state index in [9.17, 15) is 13.2 Å². The normalized spacial score (nSPS) is 20.5. The monoisotopic (exact) mass is 411 g/mol. The average Bonchev–Trinajstić information content (AvgIpc) is 3.23. The van der Waals surface area contributed by atoms with E-state index in [1.165, 1.54) is 15.6 Å². The van der Waals surface area contributed by atoms with Crippen LogP contribution in [0, 0.1) is 0 Å². The molecule has 1 aliphatic rings. The van der Waals surface area contributed by atoms with E-state index in [4.69, 9.17) is 10.5 Å². The van der Waals surface area contributed by atoms with Crippen molar-refractivity contribution < 1.29 is 17.9 Å². The number of nitrogens with two attached hydrogens (primary N) is 1. The van der Waals surface area contributed by atoms with Gasteiger partial charge in [0.05, 0.1) is 12.6 Å². The quantitative estimate of drug-likeness (QED) is 0.671. The number of ether oxygens (including phenoxy) is 1. The summed E-state index contributed by atoms with van der Waals surface area (Å²) in [7, 11) is -3.44. The van der Waals surface area contributed by atoms with Gasteiger partial charge < -0.3 is 15.8 Å². The molecule has 10 heteroatoms. The first-order valence-electron chi connectivity index (χ1n) is 8.14. The Morgan fingerprint density at radius 1 is 1.36 bits per heavy atom. The molecule has 0 unspecified atom stereocenters. The zero-order valence-corrected chi connectivity index (χ0v) is 16.9. The third-order valence-electron chi connectivity index (χ3n) is 4.04. The van der Waals surface area contributed by atoms with Crippen LogP contribution in [0.1, 0.15) is 31.6 Å². The van der Waals surface area contributed by atoms with Crippen molar-refractivity contribution in [1.29, 1.82) is 0 Å². The molecule has 144 valence electrons. The Morgan fingerprint density at radius 2 is 2.04 bits per heavy atom. The van der Waals surface area contributed by atoms with Crippen molar-refractivity contribution in [3.8, 4) is 0 Å². The molecule has 2 heterocycles. The van der Waals surface area contributed by atoms with E-state index in [1.807, 2.05) is 13.8 Å². The molecular formula is C15H26ClN3O4S2. The maximum Gasteiger partial charge on any atom is 0.252 e. The lowest BCUT2D eigenvalue weighted by atomic mass is 10.2. The van der Waals surface area contributed by atoms with Crippen molar-refractivity contribution in [1.82, 2.24) is 9.62 Å². The average molecular weight is 412 g/mol. The molecule has 1 saturated heterocycles. The van der Waals surface area contributed by atoms with Gasteiger partial charge in [-0.1, -0.05) is 13.8 Å². The van der Waals surface area contributed by atoms with Gasteiger partial charge in [0.1, 0.15) is 10.3 Å². The van der Waals surface area contributed by atoms with Gasteiger partial charge in [-0.3, -0.25) is 4.79 Å². The molecule has 25 heavy (non-hydrogen) atoms. The third kappa shape index (κ3) is 5.38. The molecule has 0 aromatic carbocycles. The van der Waals surface area contributed by atoms with Crippen LogP contribution in [-0.4, -0.2) is 50.5 Å². The van der Waals surface area contributed by atoms with Crippen LogP contribution < -0.4 is 11.1 Å². The largest absolute Gasteiger partial charge is 0.364 e. The van der Waals surface area contributed by atoms with Gasteiger partial charge in [0.15, 0.2) is 0 Å². The summed E-state index contributed by atoms with van der Waals surface area (Å²) in [6.45, 7) is 5.21. The fraction of sp³-hybridized carbons (Fsp3) is 0.667. The standard InChI is InChI=1S/C15H25N3O4S2.ClH/c1-3-18(4-2)24(20,21)14-8-6-12(23-14)10-17-15(19)13-7-5-11(9-16)22-13;/h6,8,11,13H,3-5,7,9-10,16H2,1-2H3,(H,17,19);1H/t11-,13+;/m1./s1. The van der Waals surface area contributed by atoms with Crippen molar-refractivity contribution in [2.24, 2.45) is 5.73 Å². The predicted molar refractivity (Wildman–Crippen MR) is 100 cm³/mol. The number of halogens is 1. The first-order chi connectivity index (χ1) is 11.4. The fourth-order valence-corrected chi connectivity index (χ4v) is 5.55. The van der Waals surface area contributed by atoms with Crippen LogP contribution in [0.15, 0.2) is 16.3 Å². The molecule has 1 aliphatic heterocycles. The molecule has 1 amide bonds. The SMILES string of the molecule is CCN(CC)S(=O)(=O)c1ccc(CNC(=O)[C@@H]2CC[C@H](CN)O2)s1.Cl. The van der Waals surface area contributed by atoms with Crippen LogP contribution >= 0.6 is 23.7 Å². The van der Waals surface area contributed by atoms with E-state index < -0.39 is 16.1 Å². The summed E-state index contributed by atoms with van der Waals surface area (Å²) in [5.74, 6) is -0.174. The number of hydrogen-bond acceptors (Lipinski definition) is 6. The maximum absolute atomic E-state index is 12.4. The van der Waals surface area contributed by atoms with Crippen molar-refractivity contribution in [3.05, 3.63) is 17.0 Å². The molecular weight excluding hydrogens is 386 g/mol. The highest BCUT2D eigenvalue weighted by Gasteiger charge is 2.30. The van der Waals surface area contributed by atoms with Gasteiger partial charge >= 0.3 is 0 Å². The van der Waals surface area contributed by atoms with E-state index in [0.717, 1.165) is 11.3 Å². The Labute approximate surface area is 159 Å². The Bertz CT molecular complexity index is 661. The molecule has 7 nitrogen and oxygen atoms in total. The van der Waals surface area contributed by atoms with Crippen molar-refractivity contribution in [3.63, 3.8) is 0 Å². The zero-order valence-electron chi connectivity index (χ0n) is 14.4. The molecule has 2 atom stereocenters. The minimum atomic E-state index is -3.44. The smallest absolute Gasteiger partial charge is 0.252 e. The van der Waals surface area contributed by atoms with Crippen LogP contribution in [0.4, 0.5) is 0 Å². The van der Waals surface area contributed by atoms with Gasteiger partial charge in [-0.2, -0.15) is 4.31 Å². The summed E-state index contributed by atoms with van der Waals surface area (Å²) in [4.78, 5) is 12.9. The second-order valence-corrected chi connectivity index (χ2v) is 8.92. The molecule has 0 spiro atoms. The fourth-order valence-electron chi connectivity index (χ4n) is 2.64. The Hall–Kier alpha value is -0.710. The van der Waals surface area contributed by atoms with Crippen molar-refractivity contribution in [2.75, 3.05) is 19.6 Å². The van der Waals surface area contributed by atoms with E-state index in [-0.39, 0.29) is 24.4 Å². The van der Waals surface area contributed by atoms with Gasteiger partial charge in [-0.15, -0.1) is 23.7 Å². The number of carbonyl (C=O) groups excluding carboxylic acids is 1. The number of nitrogens with zero attached hydrogens (tertiary/aromatic N) is 1. The molecule has 0 aliphatic carbocycles. The van der Waals surface area contributed by atoms with Gasteiger partial charge in [0, 0.05) is 24.5 Å². The molecule has 0 saturated carbocycles. The van der Waals surface area contributed by atoms with E-state index in [2.05, 4.69) is 5.32 Å². The minimum Gasteiger partial charge on any atom is -0.364 e. The highest BCUT2D eigenvalue weighted by atomic mass is 35.5. The summed E-state index contributed by atoms with van der Waals surface area (Å²) < 4.78 is 32.1. The Kier molecular flexibility index (Phi) is 8.79. The second-order valence-electron chi connectivity index (χ2n) is 5.59. The first-order valence-corrected chi connectivity index (χ1v) is 10.4. The van der Waals surface area contributed by atoms with Gasteiger partial charge in [0.25, 0.3) is 10.0 Å². The van der Waals surface area contributed by atoms with Crippen LogP contribution in [0.2, 0.25) is 0 Å². The lowest BCUT2D eigenvalue weighted by molar-refractivity contribution is -0.132. The number of hydrogen-bond donors (Lipinski definition) is 2. The van der Waals surface area contributed by atoms with Gasteiger partial charge in [-0.05, 0) is 25.0 Å². The third-order valence-corrected chi connectivity index (χ3v) is 7.64. The van der Waals surface area contributed by atoms with Gasteiger partial charge in [-0.25, -0.2) is 8.42 Å². The van der Waals surface area contributed by atoms with Crippen LogP contribution in [-0.2, 0) is 26.1 Å². The van der Waals surface area contributed by atoms with Gasteiger partial charge in [0.2, 0.25) is 5.91 Å². The lowest BCUT2D eigenvalue weighted by Crippen LogP contribution is -2.34. The van der Waals surface area contributed by atoms with E-state index in [0.29, 0.717) is 36.8 Å². The molecule has 3 N–H and O–H groups in total. The summed E-state index contributed by atoms with van der Waals surface area (Å²) in [5, 5.41) is 2.80. The number of nitrogens with one attached hydrogen (secondary N) is 1. The Morgan fingerprint density at radius 3 is 2.60 bits per heavy atom. The van der Waals surface area contributed by atoms with E-state index >= 15 is 0 Å². The second kappa shape index (κ2) is 9.84. The van der Waals surface area contributed by atoms with Crippen molar-refractivity contribution >= 4 is 39.7 Å². The molecule has 1 aromatic heterocycles. The maximum atomic E-state index is 12.4. The highest BCUT2D eigenvalue weighted by Crippen LogP contribution is 2.25. The van der Waals surface area contributed by atoms with Crippen molar-refractivity contribution in [2.45, 2.75) is 49.7 Å². The number of amides is 1. The minimum absolute atomic E-state index is 0. The van der Waals surface area contributed by atoms with Crippen LogP contribution in [0.5, 0.6) is 0 Å². The topological polar surface area (TPSA) is 102 Å². The number of thiophene rings is 1. The first kappa shape index (κ1) is 22.3. The van der Waals surface area contributed by atoms with Crippen LogP contribution in [0.25, 0.3) is 0 Å². The molecule has 1 fully saturated rings. The number of carbonyl (C=O) groups is 1. The summed E-state index contributed by atoms with van der Waals surface area (Å²) in [6.07, 6.45) is 0.949. The highest BCUT2D eigenvalue weighted by molar-refractivity contribution is 7.91. The number of rotatable bonds is 8. The zero-order chi connectivity index (χ0) is 17.7. The molecule has 2 rings (SSSR count).